The Morgan fingerprint density at radius 1 is 0.680 bits per heavy atom. The summed E-state index contributed by atoms with van der Waals surface area (Å²) >= 11 is 0. The smallest absolute Gasteiger partial charge is 0.219 e. The van der Waals surface area contributed by atoms with E-state index in [0.717, 1.165) is 6.42 Å². The number of amides is 1. The molecule has 0 saturated carbocycles. The summed E-state index contributed by atoms with van der Waals surface area (Å²) in [6, 6.07) is 0. The van der Waals surface area contributed by atoms with Crippen molar-refractivity contribution in [2.45, 2.75) is 103 Å². The van der Waals surface area contributed by atoms with E-state index in [1.165, 1.54) is 101 Å². The number of hydrogen-bond acceptors (Lipinski definition) is 1. The Balaban J connectivity index is 3.35. The number of nitrogens with zero attached hydrogens (tertiary/aromatic N) is 1. The van der Waals surface area contributed by atoms with Crippen molar-refractivity contribution >= 4 is 5.91 Å². The van der Waals surface area contributed by atoms with Gasteiger partial charge in [0, 0.05) is 13.5 Å². The van der Waals surface area contributed by atoms with E-state index >= 15 is 0 Å². The number of quaternary nitrogens is 1. The first kappa shape index (κ1) is 24.4. The zero-order valence-corrected chi connectivity index (χ0v) is 17.9. The topological polar surface area (TPSA) is 29.1 Å². The van der Waals surface area contributed by atoms with E-state index in [-0.39, 0.29) is 5.91 Å². The van der Waals surface area contributed by atoms with Crippen LogP contribution in [0.3, 0.4) is 0 Å². The SMILES string of the molecule is CCCCCCCC[N+](C)(C)CCCCCCCCCCC(=O)NC. The largest absolute Gasteiger partial charge is 0.359 e. The van der Waals surface area contributed by atoms with Crippen LogP contribution in [0.25, 0.3) is 0 Å². The molecular formula is C22H47N2O+. The molecule has 150 valence electrons. The molecule has 0 heterocycles. The summed E-state index contributed by atoms with van der Waals surface area (Å²) in [6.07, 6.45) is 19.5. The van der Waals surface area contributed by atoms with Gasteiger partial charge >= 0.3 is 0 Å². The van der Waals surface area contributed by atoms with Crippen LogP contribution in [0.4, 0.5) is 0 Å². The first-order valence-electron chi connectivity index (χ1n) is 11.0. The van der Waals surface area contributed by atoms with Gasteiger partial charge in [-0.05, 0) is 32.1 Å². The van der Waals surface area contributed by atoms with E-state index in [0.29, 0.717) is 6.42 Å². The van der Waals surface area contributed by atoms with Crippen LogP contribution < -0.4 is 5.32 Å². The van der Waals surface area contributed by atoms with Crippen molar-refractivity contribution < 1.29 is 9.28 Å². The Hall–Kier alpha value is -0.570. The normalized spacial score (nSPS) is 11.7. The first-order chi connectivity index (χ1) is 12.0. The van der Waals surface area contributed by atoms with Crippen molar-refractivity contribution in [3.63, 3.8) is 0 Å². The van der Waals surface area contributed by atoms with Gasteiger partial charge in [0.15, 0.2) is 0 Å². The second-order valence-corrected chi connectivity index (χ2v) is 8.40. The van der Waals surface area contributed by atoms with Crippen LogP contribution >= 0.6 is 0 Å². The predicted molar refractivity (Wildman–Crippen MR) is 111 cm³/mol. The molecule has 0 aromatic heterocycles. The van der Waals surface area contributed by atoms with Crippen LogP contribution in [-0.2, 0) is 4.79 Å². The fourth-order valence-corrected chi connectivity index (χ4v) is 3.44. The minimum atomic E-state index is 0.182. The van der Waals surface area contributed by atoms with Crippen molar-refractivity contribution in [2.24, 2.45) is 0 Å². The molecular weight excluding hydrogens is 308 g/mol. The van der Waals surface area contributed by atoms with Crippen LogP contribution in [0.1, 0.15) is 103 Å². The minimum absolute atomic E-state index is 0.182. The Morgan fingerprint density at radius 2 is 1.08 bits per heavy atom. The van der Waals surface area contributed by atoms with Crippen molar-refractivity contribution in [1.29, 1.82) is 0 Å². The highest BCUT2D eigenvalue weighted by Gasteiger charge is 2.13. The lowest BCUT2D eigenvalue weighted by Crippen LogP contribution is -2.41. The summed E-state index contributed by atoms with van der Waals surface area (Å²) in [7, 11) is 6.52. The molecule has 3 nitrogen and oxygen atoms in total. The maximum Gasteiger partial charge on any atom is 0.219 e. The van der Waals surface area contributed by atoms with Gasteiger partial charge in [-0.15, -0.1) is 0 Å². The third kappa shape index (κ3) is 18.0. The van der Waals surface area contributed by atoms with Gasteiger partial charge in [0.1, 0.15) is 0 Å². The molecule has 0 aliphatic carbocycles. The van der Waals surface area contributed by atoms with Gasteiger partial charge < -0.3 is 9.80 Å². The monoisotopic (exact) mass is 355 g/mol. The number of carbonyl (C=O) groups excluding carboxylic acids is 1. The Labute approximate surface area is 158 Å². The molecule has 0 aromatic carbocycles. The lowest BCUT2D eigenvalue weighted by atomic mass is 10.1. The van der Waals surface area contributed by atoms with Crippen molar-refractivity contribution in [1.82, 2.24) is 5.32 Å². The van der Waals surface area contributed by atoms with Crippen LogP contribution in [0, 0.1) is 0 Å². The highest BCUT2D eigenvalue weighted by atomic mass is 16.1. The third-order valence-corrected chi connectivity index (χ3v) is 5.31. The zero-order chi connectivity index (χ0) is 18.8. The maximum atomic E-state index is 11.1. The Morgan fingerprint density at radius 3 is 1.52 bits per heavy atom. The van der Waals surface area contributed by atoms with E-state index in [4.69, 9.17) is 0 Å². The number of rotatable bonds is 18. The lowest BCUT2D eigenvalue weighted by Gasteiger charge is -2.30. The molecule has 25 heavy (non-hydrogen) atoms. The van der Waals surface area contributed by atoms with Gasteiger partial charge in [-0.25, -0.2) is 0 Å². The van der Waals surface area contributed by atoms with Gasteiger partial charge in [-0.1, -0.05) is 64.7 Å². The van der Waals surface area contributed by atoms with Crippen LogP contribution in [-0.4, -0.2) is 44.6 Å². The standard InChI is InChI=1S/C22H46N2O/c1-5-6-7-8-14-17-20-24(3,4)21-18-15-12-10-9-11-13-16-19-22(25)23-2/h5-21H2,1-4H3/p+1. The number of unbranched alkanes of at least 4 members (excludes halogenated alkanes) is 12. The average Bonchev–Trinajstić information content (AvgIpc) is 2.59. The lowest BCUT2D eigenvalue weighted by molar-refractivity contribution is -0.890. The van der Waals surface area contributed by atoms with Gasteiger partial charge in [-0.3, -0.25) is 4.79 Å². The molecule has 0 fully saturated rings. The molecule has 3 heteroatoms. The van der Waals surface area contributed by atoms with Gasteiger partial charge in [0.05, 0.1) is 27.2 Å². The molecule has 1 N–H and O–H groups in total. The average molecular weight is 356 g/mol. The highest BCUT2D eigenvalue weighted by molar-refractivity contribution is 5.75. The quantitative estimate of drug-likeness (QED) is 0.249. The number of carbonyl (C=O) groups is 1. The Bertz CT molecular complexity index is 302. The zero-order valence-electron chi connectivity index (χ0n) is 17.9. The fraction of sp³-hybridized carbons (Fsp3) is 0.955. The van der Waals surface area contributed by atoms with Gasteiger partial charge in [0.2, 0.25) is 5.91 Å². The number of nitrogens with one attached hydrogen (secondary N) is 1. The van der Waals surface area contributed by atoms with E-state index in [1.807, 2.05) is 0 Å². The molecule has 1 amide bonds. The highest BCUT2D eigenvalue weighted by Crippen LogP contribution is 2.12. The van der Waals surface area contributed by atoms with Crippen molar-refractivity contribution in [3.05, 3.63) is 0 Å². The second-order valence-electron chi connectivity index (χ2n) is 8.40. The van der Waals surface area contributed by atoms with Crippen molar-refractivity contribution in [2.75, 3.05) is 34.2 Å². The molecule has 0 unspecified atom stereocenters. The molecule has 0 radical (unpaired) electrons. The second kappa shape index (κ2) is 16.9. The van der Waals surface area contributed by atoms with Crippen LogP contribution in [0.15, 0.2) is 0 Å². The molecule has 0 rings (SSSR count). The van der Waals surface area contributed by atoms with E-state index in [9.17, 15) is 4.79 Å². The summed E-state index contributed by atoms with van der Waals surface area (Å²) in [4.78, 5) is 11.1. The van der Waals surface area contributed by atoms with E-state index < -0.39 is 0 Å². The Kier molecular flexibility index (Phi) is 16.5. The summed E-state index contributed by atoms with van der Waals surface area (Å²) in [5, 5.41) is 2.69. The predicted octanol–water partition coefficient (Wildman–Crippen LogP) is 5.68. The van der Waals surface area contributed by atoms with Crippen molar-refractivity contribution in [3.8, 4) is 0 Å². The molecule has 0 aliphatic rings. The summed E-state index contributed by atoms with van der Waals surface area (Å²) < 4.78 is 1.20. The first-order valence-corrected chi connectivity index (χ1v) is 11.0. The van der Waals surface area contributed by atoms with E-state index in [1.54, 1.807) is 7.05 Å². The molecule has 0 aliphatic heterocycles. The maximum absolute atomic E-state index is 11.1. The van der Waals surface area contributed by atoms with Gasteiger partial charge in [-0.2, -0.15) is 0 Å². The summed E-state index contributed by atoms with van der Waals surface area (Å²) in [5.41, 5.74) is 0. The van der Waals surface area contributed by atoms with Gasteiger partial charge in [0.25, 0.3) is 0 Å². The van der Waals surface area contributed by atoms with Crippen LogP contribution in [0.2, 0.25) is 0 Å². The summed E-state index contributed by atoms with van der Waals surface area (Å²) in [6.45, 7) is 4.96. The third-order valence-electron chi connectivity index (χ3n) is 5.31. The van der Waals surface area contributed by atoms with Crippen LogP contribution in [0.5, 0.6) is 0 Å². The molecule has 0 saturated heterocycles. The molecule has 0 spiro atoms. The van der Waals surface area contributed by atoms with E-state index in [2.05, 4.69) is 26.3 Å². The molecule has 0 aromatic rings. The minimum Gasteiger partial charge on any atom is -0.359 e. The summed E-state index contributed by atoms with van der Waals surface area (Å²) in [5.74, 6) is 0.182. The molecule has 0 bridgehead atoms. The molecule has 0 atom stereocenters. The number of hydrogen-bond donors (Lipinski definition) is 1. The fourth-order valence-electron chi connectivity index (χ4n) is 3.44.